The van der Waals surface area contributed by atoms with Gasteiger partial charge in [-0.15, -0.1) is 0 Å². The second kappa shape index (κ2) is 16.8. The van der Waals surface area contributed by atoms with Gasteiger partial charge in [-0.1, -0.05) is 0 Å². The van der Waals surface area contributed by atoms with Crippen LogP contribution in [0.1, 0.15) is 0 Å². The van der Waals surface area contributed by atoms with Crippen LogP contribution in [0.3, 0.4) is 0 Å². The quantitative estimate of drug-likeness (QED) is 0.271. The van der Waals surface area contributed by atoms with E-state index in [0.717, 1.165) is 0 Å². The zero-order chi connectivity index (χ0) is 2.71. The van der Waals surface area contributed by atoms with Crippen molar-refractivity contribution >= 4 is 59.1 Å². The monoisotopic (exact) mass is 92.0 g/mol. The number of rotatable bonds is 0. The van der Waals surface area contributed by atoms with Gasteiger partial charge in [-0.2, -0.15) is 0 Å². The maximum atomic E-state index is 4.62. The van der Waals surface area contributed by atoms with E-state index >= 15 is 0 Å². The summed E-state index contributed by atoms with van der Waals surface area (Å²) in [6.07, 6.45) is 0. The first-order chi connectivity index (χ1) is 1.41. The molecule has 0 aromatic carbocycles. The third-order valence-corrected chi connectivity index (χ3v) is 0. The minimum atomic E-state index is 0. The van der Waals surface area contributed by atoms with Gasteiger partial charge in [0, 0.05) is 65.8 Å². The van der Waals surface area contributed by atoms with Crippen LogP contribution < -0.4 is 11.5 Å². The van der Waals surface area contributed by atoms with Gasteiger partial charge in [0.15, 0.2) is 0 Å². The van der Waals surface area contributed by atoms with E-state index in [2.05, 4.69) is 11.5 Å². The van der Waals surface area contributed by atoms with Crippen molar-refractivity contribution in [3.8, 4) is 0 Å². The van der Waals surface area contributed by atoms with Crippen molar-refractivity contribution < 1.29 is 0 Å². The van der Waals surface area contributed by atoms with E-state index < -0.39 is 0 Å². The Morgan fingerprint density at radius 3 is 1.00 bits per heavy atom. The first kappa shape index (κ1) is 15.8. The second-order valence-corrected chi connectivity index (χ2v) is 0.236. The van der Waals surface area contributed by atoms with E-state index in [1.165, 1.54) is 0 Å². The summed E-state index contributed by atoms with van der Waals surface area (Å²) in [5.41, 5.74) is 9.25. The molecule has 0 fully saturated rings. The minimum absolute atomic E-state index is 0. The molecule has 0 saturated carbocycles. The van der Waals surface area contributed by atoms with Crippen LogP contribution in [0.5, 0.6) is 0 Å². The molecule has 0 rings (SSSR count). The standard InChI is InChI=1S/CH6N2.2Na/c2-1-3;;/h1-3H2;;. The van der Waals surface area contributed by atoms with Gasteiger partial charge in [-0.05, 0) is 0 Å². The van der Waals surface area contributed by atoms with Crippen LogP contribution in [-0.4, -0.2) is 65.8 Å². The fourth-order valence-corrected chi connectivity index (χ4v) is 0. The van der Waals surface area contributed by atoms with E-state index in [9.17, 15) is 0 Å². The molecule has 0 aliphatic heterocycles. The largest absolute Gasteiger partial charge is 0.319 e. The van der Waals surface area contributed by atoms with Crippen molar-refractivity contribution in [2.45, 2.75) is 0 Å². The molecule has 0 aliphatic carbocycles. The fourth-order valence-electron chi connectivity index (χ4n) is 0. The Bertz CT molecular complexity index is 7.61. The van der Waals surface area contributed by atoms with Crippen molar-refractivity contribution in [2.75, 3.05) is 6.67 Å². The van der Waals surface area contributed by atoms with Gasteiger partial charge in [0.1, 0.15) is 0 Å². The Kier molecular flexibility index (Phi) is 53.1. The minimum Gasteiger partial charge on any atom is -0.319 e. The summed E-state index contributed by atoms with van der Waals surface area (Å²) in [5, 5.41) is 0. The van der Waals surface area contributed by atoms with Crippen molar-refractivity contribution in [3.63, 3.8) is 0 Å². The zero-order valence-electron chi connectivity index (χ0n) is 3.86. The Morgan fingerprint density at radius 2 is 1.00 bits per heavy atom. The molecule has 2 nitrogen and oxygen atoms in total. The summed E-state index contributed by atoms with van der Waals surface area (Å²) in [6.45, 7) is 0.250. The van der Waals surface area contributed by atoms with Gasteiger partial charge >= 0.3 is 0 Å². The van der Waals surface area contributed by atoms with Gasteiger partial charge in [0.05, 0.1) is 0 Å². The van der Waals surface area contributed by atoms with Crippen LogP contribution in [0.15, 0.2) is 0 Å². The molecule has 0 spiro atoms. The summed E-state index contributed by atoms with van der Waals surface area (Å²) in [5.74, 6) is 0. The third-order valence-electron chi connectivity index (χ3n) is 0. The van der Waals surface area contributed by atoms with Crippen molar-refractivity contribution in [2.24, 2.45) is 11.5 Å². The predicted molar refractivity (Wildman–Crippen MR) is 24.7 cm³/mol. The molecule has 0 saturated heterocycles. The first-order valence-electron chi connectivity index (χ1n) is 0.816. The third kappa shape index (κ3) is 24.7. The predicted octanol–water partition coefficient (Wildman–Crippen LogP) is -1.90. The average molecular weight is 92.1 g/mol. The van der Waals surface area contributed by atoms with Crippen LogP contribution in [-0.2, 0) is 0 Å². The Morgan fingerprint density at radius 1 is 1.00 bits per heavy atom. The molecule has 2 radical (unpaired) electrons. The molecule has 0 unspecified atom stereocenters. The summed E-state index contributed by atoms with van der Waals surface area (Å²) in [6, 6.07) is 0. The van der Waals surface area contributed by atoms with E-state index in [-0.39, 0.29) is 65.8 Å². The summed E-state index contributed by atoms with van der Waals surface area (Å²) >= 11 is 0. The molecule has 0 bridgehead atoms. The molecule has 0 atom stereocenters. The molecular weight excluding hydrogens is 86.0 g/mol. The molecule has 0 aromatic heterocycles. The van der Waals surface area contributed by atoms with Crippen LogP contribution >= 0.6 is 0 Å². The van der Waals surface area contributed by atoms with E-state index in [4.69, 9.17) is 0 Å². The Hall–Kier alpha value is 1.92. The maximum absolute atomic E-state index is 4.62. The molecule has 4 N–H and O–H groups in total. The van der Waals surface area contributed by atoms with Gasteiger partial charge < -0.3 is 11.5 Å². The summed E-state index contributed by atoms with van der Waals surface area (Å²) < 4.78 is 0. The van der Waals surface area contributed by atoms with Crippen LogP contribution in [0.25, 0.3) is 0 Å². The zero-order valence-corrected chi connectivity index (χ0v) is 7.86. The first-order valence-corrected chi connectivity index (χ1v) is 0.816. The number of hydrogen-bond donors (Lipinski definition) is 2. The Balaban J connectivity index is -0.0000000200. The number of hydrogen-bond acceptors (Lipinski definition) is 2. The molecule has 5 heavy (non-hydrogen) atoms. The van der Waals surface area contributed by atoms with E-state index in [1.807, 2.05) is 0 Å². The fraction of sp³-hybridized carbons (Fsp3) is 1.00. The second-order valence-electron chi connectivity index (χ2n) is 0.236. The summed E-state index contributed by atoms with van der Waals surface area (Å²) in [4.78, 5) is 0. The topological polar surface area (TPSA) is 52.0 Å². The maximum Gasteiger partial charge on any atom is 0.0403 e. The molecule has 0 aliphatic rings. The normalized spacial score (nSPS) is 3.60. The average Bonchev–Trinajstić information content (AvgIpc) is 0.918. The molecule has 22 valence electrons. The van der Waals surface area contributed by atoms with Gasteiger partial charge in [-0.25, -0.2) is 0 Å². The SMILES string of the molecule is NCN.[Na].[Na]. The van der Waals surface area contributed by atoms with E-state index in [0.29, 0.717) is 0 Å². The van der Waals surface area contributed by atoms with E-state index in [1.54, 1.807) is 0 Å². The summed E-state index contributed by atoms with van der Waals surface area (Å²) in [7, 11) is 0. The van der Waals surface area contributed by atoms with Crippen LogP contribution in [0, 0.1) is 0 Å². The smallest absolute Gasteiger partial charge is 0.0403 e. The molecule has 0 amide bonds. The Labute approximate surface area is 76.2 Å². The van der Waals surface area contributed by atoms with Gasteiger partial charge in [0.2, 0.25) is 0 Å². The van der Waals surface area contributed by atoms with Crippen molar-refractivity contribution in [1.29, 1.82) is 0 Å². The molecule has 0 aromatic rings. The molecule has 4 heteroatoms. The van der Waals surface area contributed by atoms with Crippen molar-refractivity contribution in [1.82, 2.24) is 0 Å². The van der Waals surface area contributed by atoms with Gasteiger partial charge in [0.25, 0.3) is 0 Å². The van der Waals surface area contributed by atoms with Crippen LogP contribution in [0.4, 0.5) is 0 Å². The molecule has 0 heterocycles. The van der Waals surface area contributed by atoms with Gasteiger partial charge in [-0.3, -0.25) is 0 Å². The van der Waals surface area contributed by atoms with Crippen LogP contribution in [0.2, 0.25) is 0 Å². The van der Waals surface area contributed by atoms with Crippen molar-refractivity contribution in [3.05, 3.63) is 0 Å². The number of nitrogens with two attached hydrogens (primary N) is 2. The molecular formula is CH6N2Na2.